The number of aromatic nitrogens is 1. The Balaban J connectivity index is 1.72. The first-order valence-electron chi connectivity index (χ1n) is 9.62. The van der Waals surface area contributed by atoms with Crippen molar-refractivity contribution in [1.29, 1.82) is 0 Å². The molecule has 1 atom stereocenters. The molecule has 148 valence electrons. The number of amides is 1. The zero-order chi connectivity index (χ0) is 19.6. The second kappa shape index (κ2) is 8.02. The fourth-order valence-electron chi connectivity index (χ4n) is 3.57. The van der Waals surface area contributed by atoms with Crippen LogP contribution in [0.2, 0.25) is 0 Å². The van der Waals surface area contributed by atoms with Gasteiger partial charge >= 0.3 is 0 Å². The molecule has 0 bridgehead atoms. The molecule has 1 aliphatic rings. The molecule has 1 aromatic carbocycles. The lowest BCUT2D eigenvalue weighted by Gasteiger charge is -2.31. The van der Waals surface area contributed by atoms with Crippen LogP contribution in [0.4, 0.5) is 0 Å². The molecule has 1 amide bonds. The highest BCUT2D eigenvalue weighted by Crippen LogP contribution is 2.26. The highest BCUT2D eigenvalue weighted by Gasteiger charge is 2.33. The summed E-state index contributed by atoms with van der Waals surface area (Å²) in [7, 11) is -1.67. The lowest BCUT2D eigenvalue weighted by Crippen LogP contribution is -2.45. The van der Waals surface area contributed by atoms with Crippen LogP contribution in [0.25, 0.3) is 10.9 Å². The number of nitrogens with zero attached hydrogens (tertiary/aromatic N) is 2. The van der Waals surface area contributed by atoms with E-state index in [9.17, 15) is 13.2 Å². The predicted molar refractivity (Wildman–Crippen MR) is 107 cm³/mol. The van der Waals surface area contributed by atoms with Gasteiger partial charge in [0.25, 0.3) is 0 Å². The van der Waals surface area contributed by atoms with Gasteiger partial charge in [-0.3, -0.25) is 4.79 Å². The summed E-state index contributed by atoms with van der Waals surface area (Å²) >= 11 is 0. The van der Waals surface area contributed by atoms with Gasteiger partial charge in [0, 0.05) is 43.8 Å². The summed E-state index contributed by atoms with van der Waals surface area (Å²) in [6.07, 6.45) is 4.28. The average molecular weight is 392 g/mol. The van der Waals surface area contributed by atoms with Crippen LogP contribution in [-0.2, 0) is 21.9 Å². The molecule has 0 unspecified atom stereocenters. The lowest BCUT2D eigenvalue weighted by atomic mass is 9.98. The molecule has 2 aromatic rings. The number of rotatable bonds is 6. The Hall–Kier alpha value is -1.86. The molecule has 1 aromatic heterocycles. The Bertz CT molecular complexity index is 918. The number of fused-ring (bicyclic) bond motifs is 1. The summed E-state index contributed by atoms with van der Waals surface area (Å²) in [5, 5.41) is 3.86. The smallest absolute Gasteiger partial charge is 0.243 e. The molecule has 0 aliphatic carbocycles. The Morgan fingerprint density at radius 1 is 1.30 bits per heavy atom. The second-order valence-electron chi connectivity index (χ2n) is 7.82. The molecule has 3 rings (SSSR count). The lowest BCUT2D eigenvalue weighted by molar-refractivity contribution is -0.126. The largest absolute Gasteiger partial charge is 0.356 e. The van der Waals surface area contributed by atoms with Gasteiger partial charge in [0.15, 0.2) is 0 Å². The average Bonchev–Trinajstić information content (AvgIpc) is 3.02. The van der Waals surface area contributed by atoms with Gasteiger partial charge in [0.2, 0.25) is 15.9 Å². The summed E-state index contributed by atoms with van der Waals surface area (Å²) in [4.78, 5) is 12.7. The summed E-state index contributed by atoms with van der Waals surface area (Å²) in [5.41, 5.74) is 0.995. The van der Waals surface area contributed by atoms with Crippen LogP contribution in [0.3, 0.4) is 0 Å². The highest BCUT2D eigenvalue weighted by molar-refractivity contribution is 7.89. The number of nitrogens with one attached hydrogen (secondary N) is 1. The molecular formula is C20H29N3O3S. The minimum absolute atomic E-state index is 0.0333. The maximum Gasteiger partial charge on any atom is 0.243 e. The van der Waals surface area contributed by atoms with Crippen molar-refractivity contribution in [3.8, 4) is 0 Å². The molecule has 2 heterocycles. The van der Waals surface area contributed by atoms with Crippen molar-refractivity contribution in [2.45, 2.75) is 38.0 Å². The van der Waals surface area contributed by atoms with Gasteiger partial charge in [-0.1, -0.05) is 13.8 Å². The zero-order valence-electron chi connectivity index (χ0n) is 16.3. The maximum absolute atomic E-state index is 13.1. The Kier molecular flexibility index (Phi) is 5.91. The van der Waals surface area contributed by atoms with E-state index in [0.29, 0.717) is 30.3 Å². The topological polar surface area (TPSA) is 71.4 Å². The van der Waals surface area contributed by atoms with E-state index in [2.05, 4.69) is 19.2 Å². The van der Waals surface area contributed by atoms with Gasteiger partial charge < -0.3 is 9.88 Å². The second-order valence-corrected chi connectivity index (χ2v) is 9.76. The highest BCUT2D eigenvalue weighted by atomic mass is 32.2. The van der Waals surface area contributed by atoms with Crippen LogP contribution in [-0.4, -0.2) is 42.8 Å². The van der Waals surface area contributed by atoms with Crippen molar-refractivity contribution >= 4 is 26.8 Å². The Morgan fingerprint density at radius 2 is 2.07 bits per heavy atom. The molecule has 7 heteroatoms. The number of carbonyl (C=O) groups is 1. The number of benzene rings is 1. The van der Waals surface area contributed by atoms with Crippen molar-refractivity contribution in [3.63, 3.8) is 0 Å². The third kappa shape index (κ3) is 4.35. The molecule has 0 radical (unpaired) electrons. The monoisotopic (exact) mass is 391 g/mol. The normalized spacial score (nSPS) is 18.9. The molecule has 27 heavy (non-hydrogen) atoms. The van der Waals surface area contributed by atoms with Crippen LogP contribution in [0.1, 0.15) is 33.1 Å². The van der Waals surface area contributed by atoms with Crippen LogP contribution in [0.15, 0.2) is 35.4 Å². The number of piperidine rings is 1. The van der Waals surface area contributed by atoms with Crippen LogP contribution < -0.4 is 5.32 Å². The maximum atomic E-state index is 13.1. The molecule has 1 N–H and O–H groups in total. The summed E-state index contributed by atoms with van der Waals surface area (Å²) in [6, 6.07) is 7.12. The number of hydrogen-bond acceptors (Lipinski definition) is 3. The van der Waals surface area contributed by atoms with Gasteiger partial charge in [-0.15, -0.1) is 0 Å². The number of carbonyl (C=O) groups excluding carboxylic acids is 1. The van der Waals surface area contributed by atoms with Gasteiger partial charge in [0.05, 0.1) is 10.8 Å². The van der Waals surface area contributed by atoms with E-state index in [-0.39, 0.29) is 18.4 Å². The van der Waals surface area contributed by atoms with E-state index in [1.165, 1.54) is 4.31 Å². The fourth-order valence-corrected chi connectivity index (χ4v) is 5.13. The zero-order valence-corrected chi connectivity index (χ0v) is 17.1. The number of sulfonamides is 1. The van der Waals surface area contributed by atoms with Crippen LogP contribution >= 0.6 is 0 Å². The van der Waals surface area contributed by atoms with E-state index in [4.69, 9.17) is 0 Å². The third-order valence-electron chi connectivity index (χ3n) is 5.27. The van der Waals surface area contributed by atoms with Crippen molar-refractivity contribution in [2.24, 2.45) is 18.9 Å². The molecule has 0 saturated carbocycles. The molecule has 1 aliphatic heterocycles. The predicted octanol–water partition coefficient (Wildman–Crippen LogP) is 2.74. The minimum atomic E-state index is -3.60. The quantitative estimate of drug-likeness (QED) is 0.823. The minimum Gasteiger partial charge on any atom is -0.356 e. The molecule has 0 spiro atoms. The van der Waals surface area contributed by atoms with E-state index < -0.39 is 10.0 Å². The van der Waals surface area contributed by atoms with Crippen LogP contribution in [0.5, 0.6) is 0 Å². The standard InChI is InChI=1S/C20H29N3O3S/c1-15(2)8-10-21-20(24)17-5-4-11-23(14-17)27(25,26)18-6-7-19-16(13-18)9-12-22(19)3/h6-7,9,12-13,15,17H,4-5,8,10-11,14H2,1-3H3,(H,21,24)/t17-/m1/s1. The molecule has 1 saturated heterocycles. The van der Waals surface area contributed by atoms with Gasteiger partial charge in [0.1, 0.15) is 0 Å². The molecule has 6 nitrogen and oxygen atoms in total. The molecular weight excluding hydrogens is 362 g/mol. The first-order valence-corrected chi connectivity index (χ1v) is 11.1. The van der Waals surface area contributed by atoms with Crippen molar-refractivity contribution in [1.82, 2.24) is 14.2 Å². The number of aryl methyl sites for hydroxylation is 1. The van der Waals surface area contributed by atoms with Gasteiger partial charge in [-0.2, -0.15) is 4.31 Å². The fraction of sp³-hybridized carbons (Fsp3) is 0.550. The van der Waals surface area contributed by atoms with Crippen LogP contribution in [0, 0.1) is 11.8 Å². The summed E-state index contributed by atoms with van der Waals surface area (Å²) in [6.45, 7) is 5.59. The van der Waals surface area contributed by atoms with Crippen molar-refractivity contribution in [2.75, 3.05) is 19.6 Å². The van der Waals surface area contributed by atoms with Gasteiger partial charge in [-0.25, -0.2) is 8.42 Å². The van der Waals surface area contributed by atoms with E-state index in [1.54, 1.807) is 12.1 Å². The van der Waals surface area contributed by atoms with Crippen molar-refractivity contribution < 1.29 is 13.2 Å². The van der Waals surface area contributed by atoms with E-state index in [1.807, 2.05) is 29.9 Å². The van der Waals surface area contributed by atoms with Crippen molar-refractivity contribution in [3.05, 3.63) is 30.5 Å². The molecule has 1 fully saturated rings. The van der Waals surface area contributed by atoms with E-state index >= 15 is 0 Å². The first-order chi connectivity index (χ1) is 12.8. The van der Waals surface area contributed by atoms with Gasteiger partial charge in [-0.05, 0) is 49.4 Å². The first kappa shape index (κ1) is 19.9. The summed E-state index contributed by atoms with van der Waals surface area (Å²) < 4.78 is 29.6. The van der Waals surface area contributed by atoms with E-state index in [0.717, 1.165) is 23.7 Å². The summed E-state index contributed by atoms with van der Waals surface area (Å²) in [5.74, 6) is 0.219. The third-order valence-corrected chi connectivity index (χ3v) is 7.13. The SMILES string of the molecule is CC(C)CCNC(=O)[C@@H]1CCCN(S(=O)(=O)c2ccc3c(ccn3C)c2)C1. The Labute approximate surface area is 161 Å². The Morgan fingerprint density at radius 3 is 2.81 bits per heavy atom. The number of hydrogen-bond donors (Lipinski definition) is 1.